The highest BCUT2D eigenvalue weighted by atomic mass is 35.5. The summed E-state index contributed by atoms with van der Waals surface area (Å²) >= 11 is 6.92. The molecule has 1 saturated heterocycles. The molecule has 0 amide bonds. The summed E-state index contributed by atoms with van der Waals surface area (Å²) < 4.78 is 0. The number of nitrogens with zero attached hydrogens (tertiary/aromatic N) is 4. The monoisotopic (exact) mass is 632 g/mol. The van der Waals surface area contributed by atoms with E-state index in [4.69, 9.17) is 11.6 Å². The third-order valence-electron chi connectivity index (χ3n) is 9.67. The average Bonchev–Trinajstić information content (AvgIpc) is 3.72. The number of hydrazine groups is 2. The summed E-state index contributed by atoms with van der Waals surface area (Å²) in [4.78, 5) is 7.17. The Kier molecular flexibility index (Phi) is 8.24. The Balaban J connectivity index is 1.20. The predicted octanol–water partition coefficient (Wildman–Crippen LogP) is 7.44. The zero-order valence-electron chi connectivity index (χ0n) is 26.6. The van der Waals surface area contributed by atoms with E-state index in [0.717, 1.165) is 66.8 Å². The first-order valence-electron chi connectivity index (χ1n) is 16.2. The largest absolute Gasteiger partial charge is 0.377 e. The molecule has 46 heavy (non-hydrogen) atoms. The second-order valence-corrected chi connectivity index (χ2v) is 14.0. The summed E-state index contributed by atoms with van der Waals surface area (Å²) in [7, 11) is 0. The van der Waals surface area contributed by atoms with Crippen LogP contribution in [-0.2, 0) is 6.42 Å². The second kappa shape index (κ2) is 12.5. The molecule has 4 aromatic rings. The van der Waals surface area contributed by atoms with Crippen molar-refractivity contribution in [2.24, 2.45) is 0 Å². The van der Waals surface area contributed by atoms with Gasteiger partial charge in [0, 0.05) is 48.1 Å². The van der Waals surface area contributed by atoms with Crippen molar-refractivity contribution in [3.05, 3.63) is 112 Å². The van der Waals surface area contributed by atoms with Crippen LogP contribution in [0.2, 0.25) is 5.02 Å². The number of pyridine rings is 1. The predicted molar refractivity (Wildman–Crippen MR) is 186 cm³/mol. The van der Waals surface area contributed by atoms with Gasteiger partial charge in [-0.05, 0) is 75.3 Å². The van der Waals surface area contributed by atoms with E-state index in [1.54, 1.807) is 6.20 Å². The van der Waals surface area contributed by atoms with Gasteiger partial charge in [0.05, 0.1) is 39.6 Å². The Morgan fingerprint density at radius 1 is 1.02 bits per heavy atom. The molecule has 1 aromatic heterocycles. The van der Waals surface area contributed by atoms with Crippen molar-refractivity contribution in [3.63, 3.8) is 0 Å². The van der Waals surface area contributed by atoms with E-state index in [1.165, 1.54) is 11.1 Å². The van der Waals surface area contributed by atoms with E-state index in [0.29, 0.717) is 22.1 Å². The van der Waals surface area contributed by atoms with Crippen molar-refractivity contribution in [1.29, 1.82) is 5.26 Å². The van der Waals surface area contributed by atoms with Crippen LogP contribution in [0, 0.1) is 11.3 Å². The third-order valence-corrected chi connectivity index (χ3v) is 9.95. The SMILES string of the molecule is CC(C)(C)N1CCC(N2C=C([C@@H](Nc3cc(Cl)c4ncc(C#N)c(NC5CCc6ccccc65)c4c3)c3ccccc3)NN2)CC1. The third kappa shape index (κ3) is 5.99. The molecule has 9 heteroatoms. The first-order valence-corrected chi connectivity index (χ1v) is 16.6. The van der Waals surface area contributed by atoms with Gasteiger partial charge in [0.2, 0.25) is 0 Å². The van der Waals surface area contributed by atoms with Crippen LogP contribution in [0.15, 0.2) is 84.8 Å². The molecular formula is C37H41ClN8. The number of benzene rings is 3. The minimum Gasteiger partial charge on any atom is -0.377 e. The number of aromatic nitrogens is 1. The van der Waals surface area contributed by atoms with Crippen LogP contribution in [0.5, 0.6) is 0 Å². The van der Waals surface area contributed by atoms with Gasteiger partial charge in [-0.2, -0.15) is 5.26 Å². The van der Waals surface area contributed by atoms with Crippen molar-refractivity contribution in [1.82, 2.24) is 25.9 Å². The van der Waals surface area contributed by atoms with E-state index in [1.807, 2.05) is 12.1 Å². The molecule has 2 aliphatic heterocycles. The summed E-state index contributed by atoms with van der Waals surface area (Å²) in [5.41, 5.74) is 14.6. The number of nitrogens with one attached hydrogen (secondary N) is 4. The normalized spacial score (nSPS) is 19.3. The van der Waals surface area contributed by atoms with Gasteiger partial charge in [-0.1, -0.05) is 66.2 Å². The van der Waals surface area contributed by atoms with Crippen LogP contribution in [0.25, 0.3) is 10.9 Å². The number of likely N-dealkylation sites (tertiary alicyclic amines) is 1. The van der Waals surface area contributed by atoms with Gasteiger partial charge in [-0.15, -0.1) is 5.53 Å². The highest BCUT2D eigenvalue weighted by Crippen LogP contribution is 2.40. The van der Waals surface area contributed by atoms with Crippen LogP contribution < -0.4 is 21.6 Å². The Hall–Kier alpha value is -4.29. The molecule has 1 aliphatic carbocycles. The molecule has 0 radical (unpaired) electrons. The first-order chi connectivity index (χ1) is 22.3. The number of rotatable bonds is 7. The van der Waals surface area contributed by atoms with Gasteiger partial charge in [0.1, 0.15) is 6.07 Å². The summed E-state index contributed by atoms with van der Waals surface area (Å²) in [6, 6.07) is 25.6. The molecule has 4 N–H and O–H groups in total. The first kappa shape index (κ1) is 30.4. The average molecular weight is 633 g/mol. The molecule has 2 atom stereocenters. The summed E-state index contributed by atoms with van der Waals surface area (Å²) in [5, 5.41) is 21.2. The van der Waals surface area contributed by atoms with Crippen molar-refractivity contribution in [2.75, 3.05) is 23.7 Å². The van der Waals surface area contributed by atoms with E-state index < -0.39 is 0 Å². The molecule has 0 saturated carbocycles. The number of aryl methyl sites for hydroxylation is 1. The topological polar surface area (TPSA) is 91.3 Å². The molecule has 3 aliphatic rings. The van der Waals surface area contributed by atoms with Crippen LogP contribution in [-0.4, -0.2) is 39.6 Å². The Bertz CT molecular complexity index is 1800. The van der Waals surface area contributed by atoms with E-state index in [2.05, 4.69) is 124 Å². The Morgan fingerprint density at radius 3 is 2.54 bits per heavy atom. The van der Waals surface area contributed by atoms with Gasteiger partial charge in [-0.25, -0.2) is 0 Å². The molecule has 3 heterocycles. The Morgan fingerprint density at radius 2 is 1.78 bits per heavy atom. The molecule has 0 bridgehead atoms. The lowest BCUT2D eigenvalue weighted by molar-refractivity contribution is 0.0570. The van der Waals surface area contributed by atoms with Crippen LogP contribution >= 0.6 is 11.6 Å². The quantitative estimate of drug-likeness (QED) is 0.167. The number of anilines is 2. The minimum atomic E-state index is -0.174. The molecule has 3 aromatic carbocycles. The van der Waals surface area contributed by atoms with Gasteiger partial charge in [-0.3, -0.25) is 14.9 Å². The van der Waals surface area contributed by atoms with E-state index in [9.17, 15) is 5.26 Å². The molecular weight excluding hydrogens is 592 g/mol. The van der Waals surface area contributed by atoms with Gasteiger partial charge < -0.3 is 16.1 Å². The molecule has 1 unspecified atom stereocenters. The zero-order chi connectivity index (χ0) is 31.8. The number of fused-ring (bicyclic) bond motifs is 2. The van der Waals surface area contributed by atoms with Crippen molar-refractivity contribution < 1.29 is 0 Å². The molecule has 1 fully saturated rings. The lowest BCUT2D eigenvalue weighted by Gasteiger charge is -2.42. The van der Waals surface area contributed by atoms with Crippen LogP contribution in [0.1, 0.15) is 74.4 Å². The van der Waals surface area contributed by atoms with Crippen molar-refractivity contribution in [3.8, 4) is 6.07 Å². The van der Waals surface area contributed by atoms with Crippen LogP contribution in [0.3, 0.4) is 0 Å². The minimum absolute atomic E-state index is 0.113. The second-order valence-electron chi connectivity index (χ2n) is 13.6. The zero-order valence-corrected chi connectivity index (χ0v) is 27.4. The highest BCUT2D eigenvalue weighted by Gasteiger charge is 2.32. The summed E-state index contributed by atoms with van der Waals surface area (Å²) in [5.74, 6) is 0. The van der Waals surface area contributed by atoms with Crippen molar-refractivity contribution in [2.45, 2.75) is 70.1 Å². The van der Waals surface area contributed by atoms with E-state index in [-0.39, 0.29) is 17.6 Å². The maximum absolute atomic E-state index is 10.1. The molecule has 236 valence electrons. The summed E-state index contributed by atoms with van der Waals surface area (Å²) in [6.07, 6.45) is 7.98. The molecule has 8 nitrogen and oxygen atoms in total. The Labute approximate surface area is 276 Å². The number of nitriles is 1. The highest BCUT2D eigenvalue weighted by molar-refractivity contribution is 6.35. The number of hydrogen-bond donors (Lipinski definition) is 4. The van der Waals surface area contributed by atoms with Gasteiger partial charge in [0.15, 0.2) is 0 Å². The number of halogens is 1. The number of hydrogen-bond acceptors (Lipinski definition) is 8. The fourth-order valence-corrected chi connectivity index (χ4v) is 7.39. The fraction of sp³-hybridized carbons (Fsp3) is 0.351. The van der Waals surface area contributed by atoms with E-state index >= 15 is 0 Å². The van der Waals surface area contributed by atoms with Crippen LogP contribution in [0.4, 0.5) is 11.4 Å². The van der Waals surface area contributed by atoms with Gasteiger partial charge in [0.25, 0.3) is 0 Å². The maximum atomic E-state index is 10.1. The molecule has 0 spiro atoms. The standard InChI is InChI=1S/C37H41ClN8/c1-37(2,3)45-17-15-28(16-18-45)46-23-33(43-44-46)35(25-10-5-4-6-11-25)41-27-19-30-34(26(21-39)22-40-36(30)31(38)20-27)42-32-14-13-24-9-7-8-12-29(24)32/h4-12,19-20,22-23,28,32,35,41,43-44H,13-18H2,1-3H3,(H,40,42)/t32?,35-/m0/s1. The summed E-state index contributed by atoms with van der Waals surface area (Å²) in [6.45, 7) is 9.03. The maximum Gasteiger partial charge on any atom is 0.103 e. The lowest BCUT2D eigenvalue weighted by atomic mass is 9.98. The van der Waals surface area contributed by atoms with Gasteiger partial charge >= 0.3 is 0 Å². The van der Waals surface area contributed by atoms with Crippen molar-refractivity contribution >= 4 is 33.9 Å². The molecule has 7 rings (SSSR count). The number of piperidine rings is 1. The smallest absolute Gasteiger partial charge is 0.103 e. The lowest BCUT2D eigenvalue weighted by Crippen LogP contribution is -2.52. The fourth-order valence-electron chi connectivity index (χ4n) is 7.12.